The van der Waals surface area contributed by atoms with E-state index in [-0.39, 0.29) is 11.8 Å². The van der Waals surface area contributed by atoms with Gasteiger partial charge in [0, 0.05) is 30.0 Å². The zero-order valence-corrected chi connectivity index (χ0v) is 17.0. The van der Waals surface area contributed by atoms with Crippen molar-refractivity contribution in [3.63, 3.8) is 0 Å². The number of carbonyl (C=O) groups is 1. The lowest BCUT2D eigenvalue weighted by Gasteiger charge is -2.31. The highest BCUT2D eigenvalue weighted by molar-refractivity contribution is 7.99. The first-order chi connectivity index (χ1) is 12.7. The molecule has 1 saturated carbocycles. The summed E-state index contributed by atoms with van der Waals surface area (Å²) in [6.45, 7) is 6.09. The Balaban J connectivity index is 1.31. The average Bonchev–Trinajstić information content (AvgIpc) is 2.68. The van der Waals surface area contributed by atoms with Crippen molar-refractivity contribution in [2.45, 2.75) is 63.7 Å². The maximum Gasteiger partial charge on any atom is 0.223 e. The Hall–Kier alpha value is -1.00. The lowest BCUT2D eigenvalue weighted by atomic mass is 9.95. The summed E-state index contributed by atoms with van der Waals surface area (Å²) < 4.78 is 0. The highest BCUT2D eigenvalue weighted by Gasteiger charge is 2.25. The van der Waals surface area contributed by atoms with Crippen LogP contribution in [0.5, 0.6) is 0 Å². The van der Waals surface area contributed by atoms with Crippen LogP contribution in [0.3, 0.4) is 0 Å². The van der Waals surface area contributed by atoms with Crippen molar-refractivity contribution in [2.75, 3.05) is 25.4 Å². The maximum atomic E-state index is 12.4. The fraction of sp³-hybridized carbons (Fsp3) is 0.682. The number of hydrogen-bond donors (Lipinski definition) is 1. The van der Waals surface area contributed by atoms with Gasteiger partial charge in [-0.2, -0.15) is 11.8 Å². The third-order valence-electron chi connectivity index (χ3n) is 5.92. The fourth-order valence-electron chi connectivity index (χ4n) is 4.16. The zero-order chi connectivity index (χ0) is 18.2. The number of piperidine rings is 1. The number of nitrogens with one attached hydrogen (secondary N) is 1. The molecule has 4 heteroatoms. The van der Waals surface area contributed by atoms with E-state index in [9.17, 15) is 4.79 Å². The molecular weight excluding hydrogens is 340 g/mol. The summed E-state index contributed by atoms with van der Waals surface area (Å²) in [5, 5.41) is 4.03. The van der Waals surface area contributed by atoms with Crippen LogP contribution in [-0.2, 0) is 11.3 Å². The molecule has 1 aromatic carbocycles. The standard InChI is InChI=1S/C22H34N2OS/c1-18-7-5-6-8-20(18)17-24-14-11-19(12-15-24)22(25)23-13-16-26-21-9-3-2-4-10-21/h5-8,19,21H,2-4,9-17H2,1H3,(H,23,25). The van der Waals surface area contributed by atoms with Crippen molar-refractivity contribution in [1.82, 2.24) is 10.2 Å². The molecule has 1 heterocycles. The van der Waals surface area contributed by atoms with Gasteiger partial charge in [-0.3, -0.25) is 9.69 Å². The Morgan fingerprint density at radius 3 is 2.58 bits per heavy atom. The summed E-state index contributed by atoms with van der Waals surface area (Å²) >= 11 is 2.07. The van der Waals surface area contributed by atoms with E-state index in [0.29, 0.717) is 0 Å². The molecule has 3 nitrogen and oxygen atoms in total. The molecule has 1 aliphatic heterocycles. The molecule has 0 aromatic heterocycles. The number of aryl methyl sites for hydroxylation is 1. The van der Waals surface area contributed by atoms with Crippen LogP contribution in [0.4, 0.5) is 0 Å². The summed E-state index contributed by atoms with van der Waals surface area (Å²) in [7, 11) is 0. The second-order valence-electron chi connectivity index (χ2n) is 7.90. The molecule has 1 amide bonds. The monoisotopic (exact) mass is 374 g/mol. The second-order valence-corrected chi connectivity index (χ2v) is 9.31. The van der Waals surface area contributed by atoms with Crippen LogP contribution in [0.15, 0.2) is 24.3 Å². The van der Waals surface area contributed by atoms with Crippen molar-refractivity contribution in [1.29, 1.82) is 0 Å². The normalized spacial score (nSPS) is 20.2. The first-order valence-corrected chi connectivity index (χ1v) is 11.4. The van der Waals surface area contributed by atoms with Gasteiger partial charge in [0.25, 0.3) is 0 Å². The van der Waals surface area contributed by atoms with E-state index in [1.807, 2.05) is 0 Å². The number of rotatable bonds is 7. The number of benzene rings is 1. The second kappa shape index (κ2) is 10.4. The molecule has 0 radical (unpaired) electrons. The van der Waals surface area contributed by atoms with Crippen LogP contribution in [0.2, 0.25) is 0 Å². The van der Waals surface area contributed by atoms with Gasteiger partial charge in [0.1, 0.15) is 0 Å². The average molecular weight is 375 g/mol. The molecule has 26 heavy (non-hydrogen) atoms. The van der Waals surface area contributed by atoms with Crippen molar-refractivity contribution in [3.05, 3.63) is 35.4 Å². The molecule has 2 aliphatic rings. The Bertz CT molecular complexity index is 563. The SMILES string of the molecule is Cc1ccccc1CN1CCC(C(=O)NCCSC2CCCCC2)CC1. The number of hydrogen-bond acceptors (Lipinski definition) is 3. The summed E-state index contributed by atoms with van der Waals surface area (Å²) in [5.41, 5.74) is 2.78. The first-order valence-electron chi connectivity index (χ1n) is 10.4. The smallest absolute Gasteiger partial charge is 0.223 e. The molecule has 0 unspecified atom stereocenters. The summed E-state index contributed by atoms with van der Waals surface area (Å²) in [6.07, 6.45) is 8.93. The fourth-order valence-corrected chi connectivity index (χ4v) is 5.38. The largest absolute Gasteiger partial charge is 0.355 e. The van der Waals surface area contributed by atoms with E-state index >= 15 is 0 Å². The Kier molecular flexibility index (Phi) is 7.87. The highest BCUT2D eigenvalue weighted by atomic mass is 32.2. The van der Waals surface area contributed by atoms with Crippen molar-refractivity contribution >= 4 is 17.7 Å². The van der Waals surface area contributed by atoms with Crippen molar-refractivity contribution in [2.24, 2.45) is 5.92 Å². The zero-order valence-electron chi connectivity index (χ0n) is 16.2. The van der Waals surface area contributed by atoms with Crippen molar-refractivity contribution < 1.29 is 4.79 Å². The molecule has 0 atom stereocenters. The van der Waals surface area contributed by atoms with E-state index in [1.165, 1.54) is 43.2 Å². The van der Waals surface area contributed by atoms with Gasteiger partial charge in [-0.25, -0.2) is 0 Å². The number of amides is 1. The third kappa shape index (κ3) is 6.02. The predicted octanol–water partition coefficient (Wildman–Crippen LogP) is 4.39. The molecule has 3 rings (SSSR count). The van der Waals surface area contributed by atoms with Crippen LogP contribution >= 0.6 is 11.8 Å². The van der Waals surface area contributed by atoms with Gasteiger partial charge in [-0.1, -0.05) is 43.5 Å². The molecule has 0 spiro atoms. The van der Waals surface area contributed by atoms with E-state index in [1.54, 1.807) is 0 Å². The quantitative estimate of drug-likeness (QED) is 0.719. The van der Waals surface area contributed by atoms with Gasteiger partial charge in [-0.15, -0.1) is 0 Å². The summed E-state index contributed by atoms with van der Waals surface area (Å²) in [6, 6.07) is 8.62. The van der Waals surface area contributed by atoms with Crippen LogP contribution < -0.4 is 5.32 Å². The van der Waals surface area contributed by atoms with E-state index in [4.69, 9.17) is 0 Å². The summed E-state index contributed by atoms with van der Waals surface area (Å²) in [5.74, 6) is 1.57. The van der Waals surface area contributed by atoms with Gasteiger partial charge in [0.05, 0.1) is 0 Å². The van der Waals surface area contributed by atoms with Crippen LogP contribution in [0, 0.1) is 12.8 Å². The van der Waals surface area contributed by atoms with E-state index in [2.05, 4.69) is 53.2 Å². The number of carbonyl (C=O) groups excluding carboxylic acids is 1. The van der Waals surface area contributed by atoms with Gasteiger partial charge >= 0.3 is 0 Å². The van der Waals surface area contributed by atoms with Gasteiger partial charge in [-0.05, 0) is 56.8 Å². The van der Waals surface area contributed by atoms with Gasteiger partial charge in [0.2, 0.25) is 5.91 Å². The minimum absolute atomic E-state index is 0.211. The molecule has 0 bridgehead atoms. The Labute approximate surface area is 163 Å². The number of likely N-dealkylation sites (tertiary alicyclic amines) is 1. The van der Waals surface area contributed by atoms with Gasteiger partial charge < -0.3 is 5.32 Å². The maximum absolute atomic E-state index is 12.4. The highest BCUT2D eigenvalue weighted by Crippen LogP contribution is 2.27. The minimum atomic E-state index is 0.211. The Morgan fingerprint density at radius 2 is 1.85 bits per heavy atom. The van der Waals surface area contributed by atoms with Crippen LogP contribution in [0.1, 0.15) is 56.1 Å². The molecule has 1 N–H and O–H groups in total. The molecule has 1 aliphatic carbocycles. The molecule has 144 valence electrons. The predicted molar refractivity (Wildman–Crippen MR) is 112 cm³/mol. The lowest BCUT2D eigenvalue weighted by molar-refractivity contribution is -0.126. The lowest BCUT2D eigenvalue weighted by Crippen LogP contribution is -2.40. The molecular formula is C22H34N2OS. The topological polar surface area (TPSA) is 32.3 Å². The minimum Gasteiger partial charge on any atom is -0.355 e. The van der Waals surface area contributed by atoms with Gasteiger partial charge in [0.15, 0.2) is 0 Å². The third-order valence-corrected chi connectivity index (χ3v) is 7.30. The van der Waals surface area contributed by atoms with Crippen molar-refractivity contribution in [3.8, 4) is 0 Å². The van der Waals surface area contributed by atoms with Crippen LogP contribution in [-0.4, -0.2) is 41.4 Å². The number of nitrogens with zero attached hydrogens (tertiary/aromatic N) is 1. The summed E-state index contributed by atoms with van der Waals surface area (Å²) in [4.78, 5) is 14.9. The van der Waals surface area contributed by atoms with Crippen LogP contribution in [0.25, 0.3) is 0 Å². The Morgan fingerprint density at radius 1 is 1.12 bits per heavy atom. The molecule has 1 saturated heterocycles. The molecule has 1 aromatic rings. The number of thioether (sulfide) groups is 1. The molecule has 2 fully saturated rings. The first kappa shape index (κ1) is 19.8. The van der Waals surface area contributed by atoms with E-state index in [0.717, 1.165) is 50.0 Å². The van der Waals surface area contributed by atoms with E-state index < -0.39 is 0 Å².